The van der Waals surface area contributed by atoms with Gasteiger partial charge in [0.2, 0.25) is 0 Å². The largest absolute Gasteiger partial charge is 0.492 e. The molecule has 9 heteroatoms. The highest BCUT2D eigenvalue weighted by atomic mass is 19.1. The van der Waals surface area contributed by atoms with Crippen molar-refractivity contribution in [1.29, 1.82) is 0 Å². The summed E-state index contributed by atoms with van der Waals surface area (Å²) in [4.78, 5) is 23.2. The number of hydrogen-bond donors (Lipinski definition) is 3. The maximum absolute atomic E-state index is 14.4. The Morgan fingerprint density at radius 2 is 2.19 bits per heavy atom. The number of halogens is 1. The fraction of sp³-hybridized carbons (Fsp3) is 0.429. The van der Waals surface area contributed by atoms with Crippen LogP contribution in [-0.2, 0) is 6.42 Å². The topological polar surface area (TPSA) is 91.5 Å². The van der Waals surface area contributed by atoms with Crippen LogP contribution < -0.4 is 20.1 Å². The predicted molar refractivity (Wildman–Crippen MR) is 141 cm³/mol. The number of carbonyl (C=O) groups is 1. The van der Waals surface area contributed by atoms with Crippen LogP contribution in [0.3, 0.4) is 0 Å². The fourth-order valence-electron chi connectivity index (χ4n) is 5.20. The molecule has 1 amide bonds. The van der Waals surface area contributed by atoms with Gasteiger partial charge in [-0.3, -0.25) is 9.78 Å². The van der Waals surface area contributed by atoms with E-state index in [1.54, 1.807) is 24.5 Å². The highest BCUT2D eigenvalue weighted by Gasteiger charge is 2.29. The molecule has 0 saturated carbocycles. The Morgan fingerprint density at radius 3 is 3.03 bits per heavy atom. The van der Waals surface area contributed by atoms with Crippen LogP contribution in [0.25, 0.3) is 11.3 Å². The van der Waals surface area contributed by atoms with E-state index in [4.69, 9.17) is 9.47 Å². The zero-order valence-electron chi connectivity index (χ0n) is 21.4. The lowest BCUT2D eigenvalue weighted by Crippen LogP contribution is -2.31. The second-order valence-electron chi connectivity index (χ2n) is 9.67. The summed E-state index contributed by atoms with van der Waals surface area (Å²) in [7, 11) is 1.42. The normalized spacial score (nSPS) is 17.4. The van der Waals surface area contributed by atoms with Gasteiger partial charge in [-0.2, -0.15) is 0 Å². The van der Waals surface area contributed by atoms with Crippen molar-refractivity contribution in [2.45, 2.75) is 32.6 Å². The monoisotopic (exact) mass is 507 g/mol. The van der Waals surface area contributed by atoms with E-state index in [-0.39, 0.29) is 11.7 Å². The minimum Gasteiger partial charge on any atom is -0.492 e. The number of para-hydroxylation sites is 1. The number of ether oxygens (including phenoxy) is 2. The van der Waals surface area contributed by atoms with Crippen LogP contribution in [0.2, 0.25) is 0 Å². The number of benzene rings is 1. The molecule has 3 aromatic rings. The molecule has 2 aliphatic rings. The Balaban J connectivity index is 1.46. The van der Waals surface area contributed by atoms with Crippen molar-refractivity contribution in [1.82, 2.24) is 20.2 Å². The SMILES string of the molecule is CCCCN1CC[C@H](COc2cnccc2-c2[nH]c3c(c2Nc2cccc(F)c2OC)C(=O)NCC3)C1. The molecule has 5 rings (SSSR count). The van der Waals surface area contributed by atoms with E-state index in [1.165, 1.54) is 26.0 Å². The summed E-state index contributed by atoms with van der Waals surface area (Å²) >= 11 is 0. The quantitative estimate of drug-likeness (QED) is 0.367. The molecular formula is C28H34FN5O3. The van der Waals surface area contributed by atoms with Crippen LogP contribution in [0.1, 0.15) is 42.2 Å². The van der Waals surface area contributed by atoms with Gasteiger partial charge in [0.05, 0.1) is 42.5 Å². The standard InChI is InChI=1S/C28H34FN5O3/c1-3-4-13-34-14-10-18(16-34)17-37-23-15-30-11-8-19(23)25-26(24-21(32-25)9-12-31-28(24)35)33-22-7-5-6-20(29)27(22)36-2/h5-8,11,15,18,32-33H,3-4,9-10,12-14,16-17H2,1-2H3,(H,31,35)/t18-/m0/s1. The van der Waals surface area contributed by atoms with E-state index >= 15 is 0 Å². The maximum atomic E-state index is 14.4. The molecule has 0 bridgehead atoms. The van der Waals surface area contributed by atoms with E-state index in [0.717, 1.165) is 37.3 Å². The summed E-state index contributed by atoms with van der Waals surface area (Å²) in [6, 6.07) is 6.54. The van der Waals surface area contributed by atoms with Gasteiger partial charge in [-0.25, -0.2) is 4.39 Å². The zero-order chi connectivity index (χ0) is 25.8. The van der Waals surface area contributed by atoms with E-state index in [2.05, 4.69) is 32.4 Å². The number of carbonyl (C=O) groups excluding carboxylic acids is 1. The summed E-state index contributed by atoms with van der Waals surface area (Å²) in [6.07, 6.45) is 7.61. The summed E-state index contributed by atoms with van der Waals surface area (Å²) in [6.45, 7) is 6.65. The Hall–Kier alpha value is -3.59. The number of nitrogens with one attached hydrogen (secondary N) is 3. The first kappa shape index (κ1) is 25.1. The summed E-state index contributed by atoms with van der Waals surface area (Å²) in [5.41, 5.74) is 3.80. The van der Waals surface area contributed by atoms with Crippen molar-refractivity contribution < 1.29 is 18.7 Å². The van der Waals surface area contributed by atoms with Crippen LogP contribution in [0, 0.1) is 11.7 Å². The molecule has 0 spiro atoms. The fourth-order valence-corrected chi connectivity index (χ4v) is 5.20. The molecule has 0 aliphatic carbocycles. The first-order valence-corrected chi connectivity index (χ1v) is 13.0. The van der Waals surface area contributed by atoms with Crippen LogP contribution in [0.15, 0.2) is 36.7 Å². The maximum Gasteiger partial charge on any atom is 0.255 e. The van der Waals surface area contributed by atoms with Crippen LogP contribution in [0.4, 0.5) is 15.8 Å². The van der Waals surface area contributed by atoms with Crippen molar-refractivity contribution >= 4 is 17.3 Å². The van der Waals surface area contributed by atoms with Gasteiger partial charge in [-0.15, -0.1) is 0 Å². The van der Waals surface area contributed by atoms with Gasteiger partial charge < -0.3 is 30.0 Å². The first-order valence-electron chi connectivity index (χ1n) is 13.0. The second-order valence-corrected chi connectivity index (χ2v) is 9.67. The first-order chi connectivity index (χ1) is 18.1. The van der Waals surface area contributed by atoms with Gasteiger partial charge in [-0.05, 0) is 44.1 Å². The number of fused-ring (bicyclic) bond motifs is 1. The number of likely N-dealkylation sites (tertiary alicyclic amines) is 1. The van der Waals surface area contributed by atoms with Gasteiger partial charge in [0, 0.05) is 42.9 Å². The number of unbranched alkanes of at least 4 members (excludes halogenated alkanes) is 1. The molecule has 1 fully saturated rings. The molecule has 0 radical (unpaired) electrons. The molecule has 196 valence electrons. The number of rotatable bonds is 10. The lowest BCUT2D eigenvalue weighted by molar-refractivity contribution is 0.0947. The molecule has 1 aromatic carbocycles. The lowest BCUT2D eigenvalue weighted by Gasteiger charge is -2.18. The molecule has 3 N–H and O–H groups in total. The van der Waals surface area contributed by atoms with Crippen molar-refractivity contribution in [3.05, 3.63) is 53.7 Å². The van der Waals surface area contributed by atoms with Crippen molar-refractivity contribution in [2.24, 2.45) is 5.92 Å². The average molecular weight is 508 g/mol. The van der Waals surface area contributed by atoms with Crippen LogP contribution in [-0.4, -0.2) is 60.7 Å². The molecule has 0 unspecified atom stereocenters. The molecule has 2 aromatic heterocycles. The minimum absolute atomic E-state index is 0.0830. The predicted octanol–water partition coefficient (Wildman–Crippen LogP) is 4.75. The van der Waals surface area contributed by atoms with Crippen molar-refractivity contribution in [3.63, 3.8) is 0 Å². The molecule has 1 saturated heterocycles. The Labute approximate surface area is 216 Å². The smallest absolute Gasteiger partial charge is 0.255 e. The molecular weight excluding hydrogens is 473 g/mol. The summed E-state index contributed by atoms with van der Waals surface area (Å²) in [5, 5.41) is 6.19. The molecule has 2 aliphatic heterocycles. The number of amides is 1. The zero-order valence-corrected chi connectivity index (χ0v) is 21.4. The van der Waals surface area contributed by atoms with Gasteiger partial charge in [0.15, 0.2) is 11.6 Å². The van der Waals surface area contributed by atoms with Gasteiger partial charge in [0.25, 0.3) is 5.91 Å². The minimum atomic E-state index is -0.486. The number of pyridine rings is 1. The number of H-pyrrole nitrogens is 1. The molecule has 4 heterocycles. The number of hydrogen-bond acceptors (Lipinski definition) is 6. The average Bonchev–Trinajstić information content (AvgIpc) is 3.52. The van der Waals surface area contributed by atoms with Crippen molar-refractivity contribution in [2.75, 3.05) is 45.2 Å². The third kappa shape index (κ3) is 5.27. The lowest BCUT2D eigenvalue weighted by atomic mass is 10.0. The Bertz CT molecular complexity index is 1260. The van der Waals surface area contributed by atoms with E-state index in [9.17, 15) is 9.18 Å². The Morgan fingerprint density at radius 1 is 1.30 bits per heavy atom. The summed E-state index contributed by atoms with van der Waals surface area (Å²) < 4.78 is 26.1. The molecule has 37 heavy (non-hydrogen) atoms. The third-order valence-electron chi connectivity index (χ3n) is 7.12. The van der Waals surface area contributed by atoms with E-state index in [0.29, 0.717) is 53.9 Å². The Kier molecular flexibility index (Phi) is 7.60. The highest BCUT2D eigenvalue weighted by molar-refractivity contribution is 6.06. The van der Waals surface area contributed by atoms with Crippen LogP contribution >= 0.6 is 0 Å². The number of aromatic nitrogens is 2. The molecule has 1 atom stereocenters. The van der Waals surface area contributed by atoms with Crippen LogP contribution in [0.5, 0.6) is 11.5 Å². The third-order valence-corrected chi connectivity index (χ3v) is 7.12. The number of anilines is 2. The van der Waals surface area contributed by atoms with E-state index < -0.39 is 5.82 Å². The second kappa shape index (κ2) is 11.2. The number of methoxy groups -OCH3 is 1. The van der Waals surface area contributed by atoms with Gasteiger partial charge in [0.1, 0.15) is 5.75 Å². The number of nitrogens with zero attached hydrogens (tertiary/aromatic N) is 2. The number of aromatic amines is 1. The van der Waals surface area contributed by atoms with E-state index in [1.807, 2.05) is 6.07 Å². The highest BCUT2D eigenvalue weighted by Crippen LogP contribution is 2.42. The molecule has 8 nitrogen and oxygen atoms in total. The summed E-state index contributed by atoms with van der Waals surface area (Å²) in [5.74, 6) is 0.515. The van der Waals surface area contributed by atoms with Crippen molar-refractivity contribution in [3.8, 4) is 22.8 Å². The van der Waals surface area contributed by atoms with Gasteiger partial charge in [-0.1, -0.05) is 19.4 Å². The van der Waals surface area contributed by atoms with Gasteiger partial charge >= 0.3 is 0 Å².